The minimum absolute atomic E-state index is 0.233. The van der Waals surface area contributed by atoms with E-state index in [1.165, 1.54) is 89.2 Å². The highest BCUT2D eigenvalue weighted by molar-refractivity contribution is 5.65. The molecule has 1 aromatic rings. The number of nitrogens with zero attached hydrogens (tertiary/aromatic N) is 1. The van der Waals surface area contributed by atoms with E-state index in [1.54, 1.807) is 5.56 Å². The Labute approximate surface area is 178 Å². The molecule has 2 saturated carbocycles. The molecular weight excluding hydrogens is 350 g/mol. The molecule has 5 rings (SSSR count). The van der Waals surface area contributed by atoms with Crippen molar-refractivity contribution in [3.8, 4) is 0 Å². The fourth-order valence-corrected chi connectivity index (χ4v) is 7.40. The Morgan fingerprint density at radius 1 is 0.966 bits per heavy atom. The van der Waals surface area contributed by atoms with Crippen LogP contribution in [0.3, 0.4) is 0 Å². The fraction of sp³-hybridized carbons (Fsp3) is 0.643. The third-order valence-corrected chi connectivity index (χ3v) is 8.81. The zero-order valence-electron chi connectivity index (χ0n) is 18.4. The number of unbranched alkanes of at least 4 members (excludes halogenated alkanes) is 1. The van der Waals surface area contributed by atoms with Crippen molar-refractivity contribution in [2.75, 3.05) is 6.54 Å². The summed E-state index contributed by atoms with van der Waals surface area (Å²) in [7, 11) is 0. The number of hydrogen-bond donors (Lipinski definition) is 0. The number of hydrogen-bond acceptors (Lipinski definition) is 1. The van der Waals surface area contributed by atoms with E-state index in [2.05, 4.69) is 60.5 Å². The maximum atomic E-state index is 2.83. The van der Waals surface area contributed by atoms with Gasteiger partial charge in [0.2, 0.25) is 0 Å². The number of allylic oxidation sites excluding steroid dienone is 1. The van der Waals surface area contributed by atoms with Gasteiger partial charge in [0.25, 0.3) is 0 Å². The predicted molar refractivity (Wildman–Crippen MR) is 124 cm³/mol. The van der Waals surface area contributed by atoms with Crippen LogP contribution in [0.2, 0.25) is 0 Å². The van der Waals surface area contributed by atoms with E-state index >= 15 is 0 Å². The SMILES string of the molecule is CCCCC1N(CC2CCCCCC2)C=CC23CCCC12C=Cc1ccccc13. The summed E-state index contributed by atoms with van der Waals surface area (Å²) in [6.07, 6.45) is 27.1. The second kappa shape index (κ2) is 7.97. The molecule has 1 nitrogen and oxygen atoms in total. The fourth-order valence-electron chi connectivity index (χ4n) is 7.40. The van der Waals surface area contributed by atoms with Crippen LogP contribution < -0.4 is 0 Å². The molecule has 1 heteroatoms. The number of benzene rings is 1. The first-order valence-electron chi connectivity index (χ1n) is 12.5. The molecule has 0 aromatic heterocycles. The Bertz CT molecular complexity index is 768. The molecule has 0 spiro atoms. The van der Waals surface area contributed by atoms with Crippen LogP contribution in [-0.2, 0) is 5.41 Å². The number of rotatable bonds is 5. The molecule has 0 N–H and O–H groups in total. The van der Waals surface area contributed by atoms with Crippen LogP contribution in [0.1, 0.15) is 95.1 Å². The van der Waals surface area contributed by atoms with Crippen LogP contribution in [0.15, 0.2) is 42.6 Å². The minimum atomic E-state index is 0.233. The van der Waals surface area contributed by atoms with Crippen LogP contribution in [0.5, 0.6) is 0 Å². The summed E-state index contributed by atoms with van der Waals surface area (Å²) >= 11 is 0. The molecule has 1 aliphatic heterocycles. The monoisotopic (exact) mass is 389 g/mol. The van der Waals surface area contributed by atoms with Gasteiger partial charge in [0.05, 0.1) is 0 Å². The van der Waals surface area contributed by atoms with Crippen molar-refractivity contribution in [3.05, 3.63) is 53.7 Å². The molecule has 0 saturated heterocycles. The Kier molecular flexibility index (Phi) is 5.35. The molecule has 156 valence electrons. The molecule has 0 amide bonds. The molecule has 4 aliphatic rings. The lowest BCUT2D eigenvalue weighted by atomic mass is 9.53. The summed E-state index contributed by atoms with van der Waals surface area (Å²) in [5.74, 6) is 0.899. The molecule has 3 unspecified atom stereocenters. The van der Waals surface area contributed by atoms with Crippen molar-refractivity contribution in [2.45, 2.75) is 95.4 Å². The lowest BCUT2D eigenvalue weighted by Gasteiger charge is -2.57. The zero-order valence-corrected chi connectivity index (χ0v) is 18.4. The van der Waals surface area contributed by atoms with E-state index in [0.29, 0.717) is 11.5 Å². The van der Waals surface area contributed by atoms with E-state index < -0.39 is 0 Å². The van der Waals surface area contributed by atoms with Crippen molar-refractivity contribution in [2.24, 2.45) is 11.3 Å². The Hall–Kier alpha value is -1.50. The first-order valence-corrected chi connectivity index (χ1v) is 12.5. The summed E-state index contributed by atoms with van der Waals surface area (Å²) in [5, 5.41) is 0. The van der Waals surface area contributed by atoms with Crippen LogP contribution >= 0.6 is 0 Å². The average Bonchev–Trinajstić information content (AvgIpc) is 2.98. The van der Waals surface area contributed by atoms with Gasteiger partial charge >= 0.3 is 0 Å². The van der Waals surface area contributed by atoms with E-state index in [9.17, 15) is 0 Å². The Morgan fingerprint density at radius 2 is 1.79 bits per heavy atom. The standard InChI is InChI=1S/C28H39N/c1-2-3-15-26-28-18-10-17-27(28,25-14-9-8-13-24(25)16-19-28)20-21-29(26)22-23-11-6-4-5-7-12-23/h8-9,13-14,16,19-21,23,26H,2-7,10-12,15,17-18,22H2,1H3. The predicted octanol–water partition coefficient (Wildman–Crippen LogP) is 7.48. The van der Waals surface area contributed by atoms with Crippen LogP contribution in [0, 0.1) is 11.3 Å². The largest absolute Gasteiger partial charge is 0.373 e. The van der Waals surface area contributed by atoms with Gasteiger partial charge in [0.15, 0.2) is 0 Å². The molecule has 2 fully saturated rings. The van der Waals surface area contributed by atoms with Gasteiger partial charge in [-0.25, -0.2) is 0 Å². The Morgan fingerprint density at radius 3 is 2.62 bits per heavy atom. The van der Waals surface area contributed by atoms with Gasteiger partial charge in [-0.05, 0) is 55.3 Å². The van der Waals surface area contributed by atoms with E-state index in [-0.39, 0.29) is 5.41 Å². The first kappa shape index (κ1) is 19.5. The van der Waals surface area contributed by atoms with Crippen molar-refractivity contribution in [1.82, 2.24) is 4.90 Å². The van der Waals surface area contributed by atoms with Crippen molar-refractivity contribution < 1.29 is 0 Å². The van der Waals surface area contributed by atoms with Crippen molar-refractivity contribution in [1.29, 1.82) is 0 Å². The highest BCUT2D eigenvalue weighted by Crippen LogP contribution is 2.64. The molecule has 1 aromatic carbocycles. The van der Waals surface area contributed by atoms with E-state index in [1.807, 2.05) is 0 Å². The van der Waals surface area contributed by atoms with Gasteiger partial charge in [-0.15, -0.1) is 0 Å². The van der Waals surface area contributed by atoms with Gasteiger partial charge < -0.3 is 4.90 Å². The molecule has 1 heterocycles. The molecule has 29 heavy (non-hydrogen) atoms. The lowest BCUT2D eigenvalue weighted by Crippen LogP contribution is -2.57. The third kappa shape index (κ3) is 3.11. The van der Waals surface area contributed by atoms with Gasteiger partial charge in [-0.3, -0.25) is 0 Å². The second-order valence-corrected chi connectivity index (χ2v) is 10.3. The number of fused-ring (bicyclic) bond motifs is 1. The average molecular weight is 390 g/mol. The summed E-state index contributed by atoms with van der Waals surface area (Å²) in [6, 6.07) is 9.91. The van der Waals surface area contributed by atoms with Crippen LogP contribution in [0.25, 0.3) is 6.08 Å². The summed E-state index contributed by atoms with van der Waals surface area (Å²) in [5.41, 5.74) is 3.60. The molecule has 3 aliphatic carbocycles. The quantitative estimate of drug-likeness (QED) is 0.472. The summed E-state index contributed by atoms with van der Waals surface area (Å²) in [6.45, 7) is 3.65. The molecule has 0 radical (unpaired) electrons. The normalized spacial score (nSPS) is 33.8. The van der Waals surface area contributed by atoms with Gasteiger partial charge in [-0.2, -0.15) is 0 Å². The van der Waals surface area contributed by atoms with Gasteiger partial charge in [0, 0.05) is 23.4 Å². The second-order valence-electron chi connectivity index (χ2n) is 10.3. The summed E-state index contributed by atoms with van der Waals surface area (Å²) < 4.78 is 0. The molecule has 3 atom stereocenters. The summed E-state index contributed by atoms with van der Waals surface area (Å²) in [4.78, 5) is 2.83. The van der Waals surface area contributed by atoms with Crippen molar-refractivity contribution in [3.63, 3.8) is 0 Å². The first-order chi connectivity index (χ1) is 14.3. The lowest BCUT2D eigenvalue weighted by molar-refractivity contribution is 0.0594. The van der Waals surface area contributed by atoms with Gasteiger partial charge in [0.1, 0.15) is 0 Å². The maximum absolute atomic E-state index is 2.83. The highest BCUT2D eigenvalue weighted by atomic mass is 15.2. The van der Waals surface area contributed by atoms with Crippen molar-refractivity contribution >= 4 is 6.08 Å². The Balaban J connectivity index is 1.53. The minimum Gasteiger partial charge on any atom is -0.373 e. The molecule has 0 bridgehead atoms. The third-order valence-electron chi connectivity index (χ3n) is 8.81. The molecular formula is C28H39N. The van der Waals surface area contributed by atoms with E-state index in [4.69, 9.17) is 0 Å². The highest BCUT2D eigenvalue weighted by Gasteiger charge is 2.60. The smallest absolute Gasteiger partial charge is 0.0386 e. The zero-order chi connectivity index (χ0) is 19.7. The topological polar surface area (TPSA) is 3.24 Å². The van der Waals surface area contributed by atoms with E-state index in [0.717, 1.165) is 5.92 Å². The van der Waals surface area contributed by atoms with Crippen LogP contribution in [-0.4, -0.2) is 17.5 Å². The maximum Gasteiger partial charge on any atom is 0.0386 e. The van der Waals surface area contributed by atoms with Crippen LogP contribution in [0.4, 0.5) is 0 Å². The van der Waals surface area contributed by atoms with Gasteiger partial charge in [-0.1, -0.05) is 94.4 Å².